The Labute approximate surface area is 231 Å². The zero-order chi connectivity index (χ0) is 27.9. The van der Waals surface area contributed by atoms with Gasteiger partial charge in [-0.15, -0.1) is 0 Å². The molecule has 0 spiro atoms. The van der Waals surface area contributed by atoms with E-state index in [1.165, 1.54) is 57.8 Å². The van der Waals surface area contributed by atoms with Crippen LogP contribution in [0.25, 0.3) is 0 Å². The van der Waals surface area contributed by atoms with Gasteiger partial charge in [0.2, 0.25) is 0 Å². The van der Waals surface area contributed by atoms with Crippen LogP contribution in [0.1, 0.15) is 132 Å². The Morgan fingerprint density at radius 3 is 2.21 bits per heavy atom. The monoisotopic (exact) mass is 529 g/mol. The highest BCUT2D eigenvalue weighted by molar-refractivity contribution is 5.73. The van der Waals surface area contributed by atoms with Crippen molar-refractivity contribution in [2.75, 3.05) is 0 Å². The Hall–Kier alpha value is -1.10. The number of fused-ring (bicyclic) bond motifs is 7. The molecule has 5 aliphatic carbocycles. The second-order valence-electron chi connectivity index (χ2n) is 16.7. The summed E-state index contributed by atoms with van der Waals surface area (Å²) in [6.45, 7) is 16.3. The molecule has 0 saturated heterocycles. The number of esters is 1. The standard InChI is InChI=1S/C33H55NO4/c1-28(2,19-26(35)36)20-27(37)38-25-13-15-30(5)23(29(25,3)4)12-16-32(7)24(30)11-10-21-22-9-8-14-33(22,34)18-17-31(21,32)6/h21-25H,8-20,34H2,1-7H3,(H,35,36)/t21?,22-,23?,24?,25?,30?,31-,32?,33?/m1/s1. The third-order valence-electron chi connectivity index (χ3n) is 13.9. The van der Waals surface area contributed by atoms with Gasteiger partial charge in [-0.2, -0.15) is 0 Å². The molecule has 7 unspecified atom stereocenters. The molecule has 5 fully saturated rings. The number of ether oxygens (including phenoxy) is 1. The minimum absolute atomic E-state index is 0.0248. The molecule has 0 amide bonds. The van der Waals surface area contributed by atoms with Gasteiger partial charge in [-0.05, 0) is 110 Å². The third kappa shape index (κ3) is 4.10. The van der Waals surface area contributed by atoms with Gasteiger partial charge in [-0.1, -0.05) is 54.9 Å². The topological polar surface area (TPSA) is 89.6 Å². The van der Waals surface area contributed by atoms with Crippen LogP contribution in [0.15, 0.2) is 0 Å². The van der Waals surface area contributed by atoms with E-state index in [-0.39, 0.29) is 41.3 Å². The molecule has 5 rings (SSSR count). The molecule has 5 nitrogen and oxygen atoms in total. The van der Waals surface area contributed by atoms with E-state index < -0.39 is 11.4 Å². The molecule has 0 aliphatic heterocycles. The van der Waals surface area contributed by atoms with E-state index in [2.05, 4.69) is 34.6 Å². The van der Waals surface area contributed by atoms with Crippen LogP contribution in [-0.4, -0.2) is 28.7 Å². The molecule has 0 aromatic heterocycles. The van der Waals surface area contributed by atoms with Crippen LogP contribution in [0, 0.1) is 50.7 Å². The van der Waals surface area contributed by atoms with E-state index in [4.69, 9.17) is 10.5 Å². The quantitative estimate of drug-likeness (QED) is 0.363. The van der Waals surface area contributed by atoms with Crippen LogP contribution in [0.5, 0.6) is 0 Å². The lowest BCUT2D eigenvalue weighted by Gasteiger charge is -2.72. The summed E-state index contributed by atoms with van der Waals surface area (Å²) in [6.07, 6.45) is 13.5. The first kappa shape index (κ1) is 28.4. The number of carboxylic acids is 1. The Bertz CT molecular complexity index is 974. The summed E-state index contributed by atoms with van der Waals surface area (Å²) < 4.78 is 6.20. The lowest BCUT2D eigenvalue weighted by atomic mass is 9.33. The summed E-state index contributed by atoms with van der Waals surface area (Å²) in [7, 11) is 0. The SMILES string of the molecule is CC(C)(CC(=O)O)CC(=O)OC1CCC2(C)C(CCC3(C)C2CCC2[C@H]4CCCC4(N)CC[C@]23C)C1(C)C. The second-order valence-corrected chi connectivity index (χ2v) is 16.7. The fourth-order valence-corrected chi connectivity index (χ4v) is 11.9. The number of rotatable bonds is 5. The highest BCUT2D eigenvalue weighted by atomic mass is 16.5. The largest absolute Gasteiger partial charge is 0.481 e. The fraction of sp³-hybridized carbons (Fsp3) is 0.939. The summed E-state index contributed by atoms with van der Waals surface area (Å²) in [5.41, 5.74) is 7.41. The minimum atomic E-state index is -0.867. The van der Waals surface area contributed by atoms with Gasteiger partial charge in [0.25, 0.3) is 0 Å². The zero-order valence-electron chi connectivity index (χ0n) is 25.3. The van der Waals surface area contributed by atoms with Gasteiger partial charge in [0.05, 0.1) is 12.8 Å². The predicted molar refractivity (Wildman–Crippen MR) is 150 cm³/mol. The van der Waals surface area contributed by atoms with Crippen molar-refractivity contribution < 1.29 is 19.4 Å². The van der Waals surface area contributed by atoms with E-state index in [9.17, 15) is 14.7 Å². The number of carboxylic acid groups (broad SMARTS) is 1. The summed E-state index contributed by atoms with van der Waals surface area (Å²) in [6, 6.07) is 0. The highest BCUT2D eigenvalue weighted by Crippen LogP contribution is 2.75. The van der Waals surface area contributed by atoms with E-state index in [1.54, 1.807) is 0 Å². The number of aliphatic carboxylic acids is 1. The van der Waals surface area contributed by atoms with Crippen molar-refractivity contribution >= 4 is 11.9 Å². The molecule has 0 aromatic carbocycles. The van der Waals surface area contributed by atoms with E-state index in [0.29, 0.717) is 28.6 Å². The van der Waals surface area contributed by atoms with Gasteiger partial charge >= 0.3 is 11.9 Å². The lowest BCUT2D eigenvalue weighted by Crippen LogP contribution is -2.67. The van der Waals surface area contributed by atoms with Gasteiger partial charge in [-0.25, -0.2) is 0 Å². The molecule has 0 radical (unpaired) electrons. The van der Waals surface area contributed by atoms with Gasteiger partial charge < -0.3 is 15.6 Å². The Kier molecular flexibility index (Phi) is 6.70. The van der Waals surface area contributed by atoms with Crippen molar-refractivity contribution in [2.24, 2.45) is 56.5 Å². The summed E-state index contributed by atoms with van der Waals surface area (Å²) in [4.78, 5) is 24.3. The summed E-state index contributed by atoms with van der Waals surface area (Å²) in [5.74, 6) is 1.60. The maximum atomic E-state index is 13.0. The molecule has 9 atom stereocenters. The lowest BCUT2D eigenvalue weighted by molar-refractivity contribution is -0.244. The number of nitrogens with two attached hydrogens (primary N) is 1. The first-order valence-corrected chi connectivity index (χ1v) is 15.7. The van der Waals surface area contributed by atoms with Gasteiger partial charge in [0, 0.05) is 11.0 Å². The van der Waals surface area contributed by atoms with Crippen LogP contribution in [0.3, 0.4) is 0 Å². The maximum absolute atomic E-state index is 13.0. The molecular weight excluding hydrogens is 474 g/mol. The van der Waals surface area contributed by atoms with Crippen molar-refractivity contribution in [1.29, 1.82) is 0 Å². The predicted octanol–water partition coefficient (Wildman–Crippen LogP) is 7.36. The first-order valence-electron chi connectivity index (χ1n) is 15.7. The molecule has 3 N–H and O–H groups in total. The normalized spacial score (nSPS) is 47.7. The van der Waals surface area contributed by atoms with Crippen LogP contribution in [0.2, 0.25) is 0 Å². The Morgan fingerprint density at radius 1 is 0.816 bits per heavy atom. The number of carbonyl (C=O) groups excluding carboxylic acids is 1. The van der Waals surface area contributed by atoms with E-state index in [1.807, 2.05) is 13.8 Å². The van der Waals surface area contributed by atoms with E-state index in [0.717, 1.165) is 18.8 Å². The molecule has 0 heterocycles. The molecule has 5 aliphatic rings. The van der Waals surface area contributed by atoms with Crippen molar-refractivity contribution in [3.8, 4) is 0 Å². The summed E-state index contributed by atoms with van der Waals surface area (Å²) >= 11 is 0. The molecule has 0 aromatic rings. The first-order chi connectivity index (χ1) is 17.5. The van der Waals surface area contributed by atoms with Gasteiger partial charge in [0.1, 0.15) is 6.10 Å². The van der Waals surface area contributed by atoms with Crippen LogP contribution in [-0.2, 0) is 14.3 Å². The van der Waals surface area contributed by atoms with Crippen molar-refractivity contribution in [3.05, 3.63) is 0 Å². The summed E-state index contributed by atoms with van der Waals surface area (Å²) in [5, 5.41) is 9.23. The molecular formula is C33H55NO4. The average molecular weight is 530 g/mol. The Morgan fingerprint density at radius 2 is 1.53 bits per heavy atom. The van der Waals surface area contributed by atoms with Crippen molar-refractivity contribution in [2.45, 2.75) is 144 Å². The van der Waals surface area contributed by atoms with Crippen LogP contribution >= 0.6 is 0 Å². The number of carbonyl (C=O) groups is 2. The highest BCUT2D eigenvalue weighted by Gasteiger charge is 2.69. The van der Waals surface area contributed by atoms with Gasteiger partial charge in [0.15, 0.2) is 0 Å². The van der Waals surface area contributed by atoms with Crippen LogP contribution in [0.4, 0.5) is 0 Å². The average Bonchev–Trinajstić information content (AvgIpc) is 3.17. The fourth-order valence-electron chi connectivity index (χ4n) is 11.9. The van der Waals surface area contributed by atoms with Gasteiger partial charge in [-0.3, -0.25) is 9.59 Å². The van der Waals surface area contributed by atoms with E-state index >= 15 is 0 Å². The zero-order valence-corrected chi connectivity index (χ0v) is 25.3. The molecule has 5 saturated carbocycles. The van der Waals surface area contributed by atoms with Crippen LogP contribution < -0.4 is 5.73 Å². The third-order valence-corrected chi connectivity index (χ3v) is 13.9. The smallest absolute Gasteiger partial charge is 0.306 e. The molecule has 5 heteroatoms. The Balaban J connectivity index is 1.35. The maximum Gasteiger partial charge on any atom is 0.306 e. The minimum Gasteiger partial charge on any atom is -0.481 e. The second kappa shape index (κ2) is 8.95. The molecule has 0 bridgehead atoms. The number of hydrogen-bond donors (Lipinski definition) is 2. The molecule has 38 heavy (non-hydrogen) atoms. The van der Waals surface area contributed by atoms with Crippen molar-refractivity contribution in [3.63, 3.8) is 0 Å². The number of hydrogen-bond acceptors (Lipinski definition) is 4. The molecule has 216 valence electrons. The van der Waals surface area contributed by atoms with Crippen molar-refractivity contribution in [1.82, 2.24) is 0 Å².